The van der Waals surface area contributed by atoms with Crippen LogP contribution in [-0.2, 0) is 0 Å². The molecule has 1 amide bonds. The Morgan fingerprint density at radius 3 is 2.46 bits per heavy atom. The second-order valence-corrected chi connectivity index (χ2v) is 7.53. The topological polar surface area (TPSA) is 63.7 Å². The monoisotopic (exact) mass is 407 g/mol. The predicted molar refractivity (Wildman–Crippen MR) is 86.8 cm³/mol. The summed E-state index contributed by atoms with van der Waals surface area (Å²) in [6, 6.07) is 2.65. The number of nitrogens with zero attached hydrogens (tertiary/aromatic N) is 2. The van der Waals surface area contributed by atoms with Crippen molar-refractivity contribution in [2.24, 2.45) is 5.92 Å². The maximum absolute atomic E-state index is 13.2. The Balaban J connectivity index is 1.45. The summed E-state index contributed by atoms with van der Waals surface area (Å²) in [5.41, 5.74) is -1.92. The fourth-order valence-corrected chi connectivity index (χ4v) is 2.90. The van der Waals surface area contributed by atoms with E-state index in [-0.39, 0.29) is 24.6 Å². The van der Waals surface area contributed by atoms with E-state index >= 15 is 0 Å². The van der Waals surface area contributed by atoms with Crippen LogP contribution in [0.15, 0.2) is 12.1 Å². The molecule has 2 aliphatic carbocycles. The number of carbonyl (C=O) groups is 1. The van der Waals surface area contributed by atoms with Crippen LogP contribution >= 0.6 is 0 Å². The lowest BCUT2D eigenvalue weighted by Crippen LogP contribution is -2.56. The molecule has 1 aromatic rings. The number of pyridine rings is 1. The summed E-state index contributed by atoms with van der Waals surface area (Å²) >= 11 is 0. The number of hydrogen-bond acceptors (Lipinski definition) is 5. The van der Waals surface area contributed by atoms with Crippen molar-refractivity contribution < 1.29 is 36.2 Å². The smallest absolute Gasteiger partial charge is 0.414 e. The van der Waals surface area contributed by atoms with Gasteiger partial charge in [0.05, 0.1) is 19.7 Å². The van der Waals surface area contributed by atoms with Gasteiger partial charge in [0.1, 0.15) is 11.2 Å². The summed E-state index contributed by atoms with van der Waals surface area (Å²) in [5, 5.41) is 1.83. The molecule has 1 aromatic heterocycles. The number of ether oxygens (including phenoxy) is 2. The number of anilines is 1. The summed E-state index contributed by atoms with van der Waals surface area (Å²) in [6.07, 6.45) is -4.28. The highest BCUT2D eigenvalue weighted by atomic mass is 19.4. The van der Waals surface area contributed by atoms with E-state index in [0.29, 0.717) is 18.2 Å². The average molecular weight is 407 g/mol. The molecule has 11 heteroatoms. The standard InChI is InChI=1S/C17H18F5N3O3/c18-16(19)8-25(9-16)11-3-4-12(23-13(11)27-7-10-1-2-10)28-14(26)24-15(5-6-15)17(20,21)22/h3-4,10H,1-2,5-9H2,(H,24,26). The van der Waals surface area contributed by atoms with E-state index in [4.69, 9.17) is 9.47 Å². The highest BCUT2D eigenvalue weighted by molar-refractivity contribution is 5.72. The third-order valence-electron chi connectivity index (χ3n) is 4.98. The van der Waals surface area contributed by atoms with Crippen molar-refractivity contribution >= 4 is 11.8 Å². The van der Waals surface area contributed by atoms with Gasteiger partial charge in [-0.3, -0.25) is 0 Å². The molecular formula is C17H18F5N3O3. The van der Waals surface area contributed by atoms with Gasteiger partial charge in [0.25, 0.3) is 5.92 Å². The van der Waals surface area contributed by atoms with Gasteiger partial charge in [0.2, 0.25) is 11.8 Å². The molecule has 2 saturated carbocycles. The number of carbonyl (C=O) groups excluding carboxylic acids is 1. The molecule has 28 heavy (non-hydrogen) atoms. The van der Waals surface area contributed by atoms with E-state index < -0.39 is 36.8 Å². The molecule has 3 aliphatic rings. The number of hydrogen-bond donors (Lipinski definition) is 1. The van der Waals surface area contributed by atoms with E-state index in [1.54, 1.807) is 0 Å². The van der Waals surface area contributed by atoms with E-state index in [2.05, 4.69) is 4.98 Å². The lowest BCUT2D eigenvalue weighted by Gasteiger charge is -2.40. The van der Waals surface area contributed by atoms with Gasteiger partial charge in [0, 0.05) is 6.07 Å². The lowest BCUT2D eigenvalue weighted by molar-refractivity contribution is -0.163. The second-order valence-electron chi connectivity index (χ2n) is 7.53. The Hall–Kier alpha value is -2.33. The van der Waals surface area contributed by atoms with Gasteiger partial charge < -0.3 is 19.7 Å². The molecule has 1 saturated heterocycles. The third kappa shape index (κ3) is 3.93. The molecule has 1 N–H and O–H groups in total. The molecule has 1 aliphatic heterocycles. The van der Waals surface area contributed by atoms with E-state index in [1.807, 2.05) is 5.32 Å². The first kappa shape index (κ1) is 19.0. The minimum absolute atomic E-state index is 0.0182. The summed E-state index contributed by atoms with van der Waals surface area (Å²) in [7, 11) is 0. The molecule has 0 radical (unpaired) electrons. The Morgan fingerprint density at radius 2 is 1.93 bits per heavy atom. The van der Waals surface area contributed by atoms with Gasteiger partial charge in [-0.2, -0.15) is 18.2 Å². The van der Waals surface area contributed by atoms with Gasteiger partial charge >= 0.3 is 12.3 Å². The van der Waals surface area contributed by atoms with Crippen LogP contribution in [0.4, 0.5) is 32.4 Å². The largest absolute Gasteiger partial charge is 0.476 e. The Kier molecular flexibility index (Phi) is 4.31. The van der Waals surface area contributed by atoms with E-state index in [0.717, 1.165) is 12.8 Å². The highest BCUT2D eigenvalue weighted by Crippen LogP contribution is 2.49. The molecule has 0 unspecified atom stereocenters. The van der Waals surface area contributed by atoms with Crippen molar-refractivity contribution in [2.75, 3.05) is 24.6 Å². The zero-order valence-corrected chi connectivity index (χ0v) is 14.7. The van der Waals surface area contributed by atoms with Crippen LogP contribution in [0.3, 0.4) is 0 Å². The van der Waals surface area contributed by atoms with Crippen LogP contribution in [0.5, 0.6) is 11.8 Å². The van der Waals surface area contributed by atoms with Crippen molar-refractivity contribution in [2.45, 2.75) is 43.3 Å². The highest BCUT2D eigenvalue weighted by Gasteiger charge is 2.64. The minimum atomic E-state index is -4.56. The van der Waals surface area contributed by atoms with Crippen molar-refractivity contribution in [1.82, 2.24) is 10.3 Å². The van der Waals surface area contributed by atoms with Crippen LogP contribution < -0.4 is 19.7 Å². The van der Waals surface area contributed by atoms with Crippen LogP contribution in [-0.4, -0.2) is 48.4 Å². The molecule has 0 spiro atoms. The number of nitrogens with one attached hydrogen (secondary N) is 1. The Bertz CT molecular complexity index is 770. The van der Waals surface area contributed by atoms with Crippen LogP contribution in [0.2, 0.25) is 0 Å². The molecule has 2 heterocycles. The van der Waals surface area contributed by atoms with Gasteiger partial charge in [-0.05, 0) is 37.7 Å². The molecule has 0 bridgehead atoms. The van der Waals surface area contributed by atoms with E-state index in [9.17, 15) is 26.7 Å². The minimum Gasteiger partial charge on any atom is -0.476 e. The Labute approximate surface area is 157 Å². The van der Waals surface area contributed by atoms with Crippen LogP contribution in [0.1, 0.15) is 25.7 Å². The molecule has 4 rings (SSSR count). The first-order valence-corrected chi connectivity index (χ1v) is 8.90. The predicted octanol–water partition coefficient (Wildman–Crippen LogP) is 3.51. The van der Waals surface area contributed by atoms with Crippen LogP contribution in [0.25, 0.3) is 0 Å². The van der Waals surface area contributed by atoms with Gasteiger partial charge in [-0.25, -0.2) is 13.6 Å². The number of halogens is 5. The zero-order chi connectivity index (χ0) is 20.2. The van der Waals surface area contributed by atoms with Gasteiger partial charge in [0.15, 0.2) is 0 Å². The number of rotatable bonds is 6. The van der Waals surface area contributed by atoms with Gasteiger partial charge in [-0.15, -0.1) is 0 Å². The van der Waals surface area contributed by atoms with Crippen LogP contribution in [0, 0.1) is 5.92 Å². The molecule has 0 aromatic carbocycles. The summed E-state index contributed by atoms with van der Waals surface area (Å²) in [5.74, 6) is -2.68. The van der Waals surface area contributed by atoms with E-state index in [1.165, 1.54) is 17.0 Å². The maximum atomic E-state index is 13.2. The summed E-state index contributed by atoms with van der Waals surface area (Å²) < 4.78 is 75.5. The maximum Gasteiger partial charge on any atom is 0.414 e. The molecular weight excluding hydrogens is 389 g/mol. The normalized spacial score (nSPS) is 22.2. The molecule has 154 valence electrons. The summed E-state index contributed by atoms with van der Waals surface area (Å²) in [4.78, 5) is 17.2. The SMILES string of the molecule is O=C(NC1(C(F)(F)F)CC1)Oc1ccc(N2CC(F)(F)C2)c(OCC2CC2)n1. The zero-order valence-electron chi connectivity index (χ0n) is 14.7. The Morgan fingerprint density at radius 1 is 1.25 bits per heavy atom. The number of alkyl halides is 5. The molecule has 6 nitrogen and oxygen atoms in total. The summed E-state index contributed by atoms with van der Waals surface area (Å²) in [6.45, 7) is -0.621. The fraction of sp³-hybridized carbons (Fsp3) is 0.647. The first-order chi connectivity index (χ1) is 13.1. The molecule has 3 fully saturated rings. The van der Waals surface area contributed by atoms with Crippen molar-refractivity contribution in [3.63, 3.8) is 0 Å². The number of aromatic nitrogens is 1. The van der Waals surface area contributed by atoms with Gasteiger partial charge in [-0.1, -0.05) is 0 Å². The second kappa shape index (κ2) is 6.35. The number of amides is 1. The van der Waals surface area contributed by atoms with Crippen molar-refractivity contribution in [1.29, 1.82) is 0 Å². The molecule has 0 atom stereocenters. The fourth-order valence-electron chi connectivity index (χ4n) is 2.90. The first-order valence-electron chi connectivity index (χ1n) is 8.90. The van der Waals surface area contributed by atoms with Crippen molar-refractivity contribution in [3.8, 4) is 11.8 Å². The quantitative estimate of drug-likeness (QED) is 0.732. The average Bonchev–Trinajstić information content (AvgIpc) is 3.45. The van der Waals surface area contributed by atoms with Crippen molar-refractivity contribution in [3.05, 3.63) is 12.1 Å². The lowest BCUT2D eigenvalue weighted by atomic mass is 10.1. The third-order valence-corrected chi connectivity index (χ3v) is 4.98.